The molecule has 0 fully saturated rings. The normalized spacial score (nSPS) is 11.3. The lowest BCUT2D eigenvalue weighted by molar-refractivity contribution is -0.141. The molecule has 1 N–H and O–H groups in total. The lowest BCUT2D eigenvalue weighted by Crippen LogP contribution is -2.20. The number of ketones is 1. The smallest absolute Gasteiger partial charge is 0.435 e. The minimum Gasteiger partial charge on any atom is -0.462 e. The maximum absolute atomic E-state index is 12.6. The van der Waals surface area contributed by atoms with Crippen LogP contribution in [0.15, 0.2) is 12.3 Å². The first kappa shape index (κ1) is 20.6. The molecule has 0 aliphatic carbocycles. The highest BCUT2D eigenvalue weighted by Gasteiger charge is 2.33. The zero-order chi connectivity index (χ0) is 20.4. The first-order valence-corrected chi connectivity index (χ1v) is 8.58. The molecular weight excluding hydrogens is 387 g/mol. The number of aromatic nitrogens is 2. The van der Waals surface area contributed by atoms with E-state index in [9.17, 15) is 27.6 Å². The van der Waals surface area contributed by atoms with Gasteiger partial charge < -0.3 is 10.1 Å². The summed E-state index contributed by atoms with van der Waals surface area (Å²) in [4.78, 5) is 36.3. The lowest BCUT2D eigenvalue weighted by atomic mass is 10.1. The van der Waals surface area contributed by atoms with Crippen molar-refractivity contribution >= 4 is 34.0 Å². The summed E-state index contributed by atoms with van der Waals surface area (Å²) in [5.74, 6) is -1.69. The van der Waals surface area contributed by atoms with Gasteiger partial charge in [-0.3, -0.25) is 14.3 Å². The van der Waals surface area contributed by atoms with E-state index in [0.717, 1.165) is 28.3 Å². The quantitative estimate of drug-likeness (QED) is 0.591. The molecule has 0 aliphatic rings. The minimum absolute atomic E-state index is 0.0526. The summed E-state index contributed by atoms with van der Waals surface area (Å²) >= 11 is 0.905. The third-order valence-electron chi connectivity index (χ3n) is 3.44. The Morgan fingerprint density at radius 1 is 1.33 bits per heavy atom. The molecule has 0 saturated carbocycles. The number of carbonyl (C=O) groups is 3. The molecule has 2 rings (SSSR count). The van der Waals surface area contributed by atoms with Crippen LogP contribution >= 0.6 is 11.3 Å². The van der Waals surface area contributed by atoms with Crippen molar-refractivity contribution in [3.05, 3.63) is 34.0 Å². The Morgan fingerprint density at radius 2 is 2.00 bits per heavy atom. The minimum atomic E-state index is -4.61. The molecule has 27 heavy (non-hydrogen) atoms. The van der Waals surface area contributed by atoms with Crippen LogP contribution in [0.1, 0.15) is 45.1 Å². The van der Waals surface area contributed by atoms with E-state index >= 15 is 0 Å². The second kappa shape index (κ2) is 7.91. The second-order valence-corrected chi connectivity index (χ2v) is 6.50. The molecule has 0 radical (unpaired) electrons. The molecule has 1 amide bonds. The molecule has 7 nitrogen and oxygen atoms in total. The van der Waals surface area contributed by atoms with Crippen molar-refractivity contribution in [1.82, 2.24) is 9.78 Å². The predicted octanol–water partition coefficient (Wildman–Crippen LogP) is 3.29. The van der Waals surface area contributed by atoms with Crippen molar-refractivity contribution in [2.75, 3.05) is 11.9 Å². The summed E-state index contributed by atoms with van der Waals surface area (Å²) < 4.78 is 43.5. The second-order valence-electron chi connectivity index (χ2n) is 5.48. The first-order chi connectivity index (χ1) is 12.5. The summed E-state index contributed by atoms with van der Waals surface area (Å²) in [6.45, 7) is 4.09. The van der Waals surface area contributed by atoms with Crippen LogP contribution in [-0.2, 0) is 22.3 Å². The van der Waals surface area contributed by atoms with E-state index in [-0.39, 0.29) is 27.8 Å². The van der Waals surface area contributed by atoms with Gasteiger partial charge in [-0.1, -0.05) is 0 Å². The number of anilines is 1. The van der Waals surface area contributed by atoms with Gasteiger partial charge in [-0.25, -0.2) is 4.79 Å². The summed E-state index contributed by atoms with van der Waals surface area (Å²) in [6.07, 6.45) is -3.59. The topological polar surface area (TPSA) is 90.3 Å². The fourth-order valence-electron chi connectivity index (χ4n) is 2.30. The molecule has 0 aliphatic heterocycles. The molecule has 0 bridgehead atoms. The Balaban J connectivity index is 2.24. The number of carbonyl (C=O) groups excluding carboxylic acids is 3. The fourth-order valence-corrected chi connectivity index (χ4v) is 3.41. The highest BCUT2D eigenvalue weighted by atomic mass is 32.1. The van der Waals surface area contributed by atoms with Crippen molar-refractivity contribution in [2.24, 2.45) is 0 Å². The van der Waals surface area contributed by atoms with E-state index in [0.29, 0.717) is 5.56 Å². The van der Waals surface area contributed by atoms with Crippen LogP contribution in [0.3, 0.4) is 0 Å². The zero-order valence-electron chi connectivity index (χ0n) is 14.6. The van der Waals surface area contributed by atoms with Crippen LogP contribution in [0.5, 0.6) is 0 Å². The average Bonchev–Trinajstić information content (AvgIpc) is 3.12. The molecule has 0 saturated heterocycles. The monoisotopic (exact) mass is 403 g/mol. The Hall–Kier alpha value is -2.69. The van der Waals surface area contributed by atoms with Crippen molar-refractivity contribution in [1.29, 1.82) is 0 Å². The van der Waals surface area contributed by atoms with Gasteiger partial charge in [0.15, 0.2) is 11.5 Å². The molecule has 0 unspecified atom stereocenters. The maximum Gasteiger partial charge on any atom is 0.435 e. The highest BCUT2D eigenvalue weighted by molar-refractivity contribution is 7.18. The van der Waals surface area contributed by atoms with E-state index in [2.05, 4.69) is 10.4 Å². The number of hydrogen-bond acceptors (Lipinski definition) is 6. The number of ether oxygens (including phenoxy) is 1. The summed E-state index contributed by atoms with van der Waals surface area (Å²) in [5.41, 5.74) is -0.690. The van der Waals surface area contributed by atoms with Crippen molar-refractivity contribution < 1.29 is 32.3 Å². The molecule has 0 spiro atoms. The molecule has 2 aromatic rings. The number of alkyl halides is 3. The van der Waals surface area contributed by atoms with Gasteiger partial charge in [0.25, 0.3) is 0 Å². The van der Waals surface area contributed by atoms with Crippen molar-refractivity contribution in [2.45, 2.75) is 33.5 Å². The van der Waals surface area contributed by atoms with Gasteiger partial charge in [0, 0.05) is 6.20 Å². The van der Waals surface area contributed by atoms with Gasteiger partial charge in [0.05, 0.1) is 17.0 Å². The summed E-state index contributed by atoms with van der Waals surface area (Å²) in [6, 6.07) is 0.750. The molecule has 11 heteroatoms. The first-order valence-electron chi connectivity index (χ1n) is 7.76. The van der Waals surface area contributed by atoms with Crippen LogP contribution in [0.25, 0.3) is 0 Å². The molecule has 2 heterocycles. The van der Waals surface area contributed by atoms with Crippen LogP contribution < -0.4 is 5.32 Å². The number of rotatable bonds is 6. The van der Waals surface area contributed by atoms with Gasteiger partial charge >= 0.3 is 12.1 Å². The number of hydrogen-bond donors (Lipinski definition) is 1. The third-order valence-corrected chi connectivity index (χ3v) is 4.74. The summed E-state index contributed by atoms with van der Waals surface area (Å²) in [7, 11) is 0. The standard InChI is InChI=1S/C16H16F3N3O4S/c1-4-26-15(25)12-8(2)13(9(3)23)27-14(12)20-11(24)7-22-6-5-10(21-22)16(17,18)19/h5-6H,4,7H2,1-3H3,(H,20,24). The number of amides is 1. The Bertz CT molecular complexity index is 886. The van der Waals surface area contributed by atoms with Gasteiger partial charge in [-0.15, -0.1) is 11.3 Å². The number of Topliss-reactive ketones (excluding diaryl/α,β-unsaturated/α-hetero) is 1. The number of esters is 1. The van der Waals surface area contributed by atoms with Crippen LogP contribution in [-0.4, -0.2) is 34.0 Å². The van der Waals surface area contributed by atoms with Crippen molar-refractivity contribution in [3.8, 4) is 0 Å². The van der Waals surface area contributed by atoms with Gasteiger partial charge in [0.1, 0.15) is 11.5 Å². The molecular formula is C16H16F3N3O4S. The maximum atomic E-state index is 12.6. The van der Waals surface area contributed by atoms with Crippen LogP contribution in [0.4, 0.5) is 18.2 Å². The van der Waals surface area contributed by atoms with E-state index in [1.54, 1.807) is 13.8 Å². The lowest BCUT2D eigenvalue weighted by Gasteiger charge is -2.07. The van der Waals surface area contributed by atoms with E-state index < -0.39 is 30.3 Å². The zero-order valence-corrected chi connectivity index (χ0v) is 15.5. The van der Waals surface area contributed by atoms with Gasteiger partial charge in [0.2, 0.25) is 5.91 Å². The average molecular weight is 403 g/mol. The number of nitrogens with one attached hydrogen (secondary N) is 1. The predicted molar refractivity (Wildman–Crippen MR) is 90.9 cm³/mol. The van der Waals surface area contributed by atoms with Crippen LogP contribution in [0.2, 0.25) is 0 Å². The molecule has 0 atom stereocenters. The van der Waals surface area contributed by atoms with Gasteiger partial charge in [-0.2, -0.15) is 18.3 Å². The summed E-state index contributed by atoms with van der Waals surface area (Å²) in [5, 5.41) is 5.84. The van der Waals surface area contributed by atoms with Crippen LogP contribution in [0, 0.1) is 6.92 Å². The van der Waals surface area contributed by atoms with Gasteiger partial charge in [-0.05, 0) is 32.4 Å². The molecule has 2 aromatic heterocycles. The Labute approximate surface area is 156 Å². The molecule has 0 aromatic carbocycles. The van der Waals surface area contributed by atoms with E-state index in [4.69, 9.17) is 4.74 Å². The van der Waals surface area contributed by atoms with E-state index in [1.807, 2.05) is 0 Å². The van der Waals surface area contributed by atoms with E-state index in [1.165, 1.54) is 6.92 Å². The largest absolute Gasteiger partial charge is 0.462 e. The number of thiophene rings is 1. The highest BCUT2D eigenvalue weighted by Crippen LogP contribution is 2.34. The Kier molecular flexibility index (Phi) is 6.04. The van der Waals surface area contributed by atoms with Crippen molar-refractivity contribution in [3.63, 3.8) is 0 Å². The Morgan fingerprint density at radius 3 is 2.52 bits per heavy atom. The molecule has 146 valence electrons. The number of halogens is 3. The number of nitrogens with zero attached hydrogens (tertiary/aromatic N) is 2. The fraction of sp³-hybridized carbons (Fsp3) is 0.375. The third kappa shape index (κ3) is 4.73. The SMILES string of the molecule is CCOC(=O)c1c(NC(=O)Cn2ccc(C(F)(F)F)n2)sc(C(C)=O)c1C.